The Morgan fingerprint density at radius 1 is 1.40 bits per heavy atom. The molecule has 0 radical (unpaired) electrons. The first-order chi connectivity index (χ1) is 9.71. The lowest BCUT2D eigenvalue weighted by Gasteiger charge is -2.31. The molecule has 0 amide bonds. The number of nitrogens with zero attached hydrogens (tertiary/aromatic N) is 3. The van der Waals surface area contributed by atoms with Crippen LogP contribution in [0.25, 0.3) is 0 Å². The van der Waals surface area contributed by atoms with Crippen LogP contribution in [0.15, 0.2) is 6.07 Å². The number of nitrogens with two attached hydrogens (primary N) is 1. The number of anilines is 2. The largest absolute Gasteiger partial charge is 0.384 e. The lowest BCUT2D eigenvalue weighted by molar-refractivity contribution is 0.178. The molecule has 6 nitrogen and oxygen atoms in total. The average molecular weight is 279 g/mol. The number of aromatic nitrogens is 2. The first-order valence-electron chi connectivity index (χ1n) is 7.30. The number of hydrogen-bond acceptors (Lipinski definition) is 6. The van der Waals surface area contributed by atoms with Crippen molar-refractivity contribution >= 4 is 11.6 Å². The molecule has 0 spiro atoms. The summed E-state index contributed by atoms with van der Waals surface area (Å²) in [7, 11) is 1.63. The van der Waals surface area contributed by atoms with E-state index in [4.69, 9.17) is 10.5 Å². The number of rotatable bonds is 6. The first-order valence-corrected chi connectivity index (χ1v) is 7.30. The Hall–Kier alpha value is -1.40. The second kappa shape index (κ2) is 7.40. The van der Waals surface area contributed by atoms with Crippen molar-refractivity contribution in [3.8, 4) is 0 Å². The molecular weight excluding hydrogens is 254 g/mol. The maximum atomic E-state index is 5.78. The van der Waals surface area contributed by atoms with Gasteiger partial charge in [-0.25, -0.2) is 9.97 Å². The van der Waals surface area contributed by atoms with Crippen molar-refractivity contribution < 1.29 is 4.74 Å². The van der Waals surface area contributed by atoms with Gasteiger partial charge in [-0.1, -0.05) is 6.92 Å². The fraction of sp³-hybridized carbons (Fsp3) is 0.714. The van der Waals surface area contributed by atoms with Crippen LogP contribution in [-0.2, 0) is 11.3 Å². The van der Waals surface area contributed by atoms with Gasteiger partial charge in [-0.3, -0.25) is 0 Å². The number of hydrogen-bond donors (Lipinski definition) is 2. The van der Waals surface area contributed by atoms with Gasteiger partial charge in [-0.2, -0.15) is 0 Å². The third kappa shape index (κ3) is 4.31. The van der Waals surface area contributed by atoms with Crippen molar-refractivity contribution in [1.82, 2.24) is 14.9 Å². The molecule has 0 unspecified atom stereocenters. The number of ether oxygens (including phenoxy) is 1. The van der Waals surface area contributed by atoms with E-state index in [2.05, 4.69) is 27.1 Å². The van der Waals surface area contributed by atoms with Crippen LogP contribution in [-0.4, -0.2) is 48.2 Å². The number of likely N-dealkylation sites (tertiary alicyclic amines) is 1. The zero-order valence-electron chi connectivity index (χ0n) is 12.4. The number of nitrogens with one attached hydrogen (secondary N) is 1. The Bertz CT molecular complexity index is 418. The van der Waals surface area contributed by atoms with Crippen LogP contribution in [0.1, 0.15) is 25.6 Å². The summed E-state index contributed by atoms with van der Waals surface area (Å²) in [4.78, 5) is 11.0. The highest BCUT2D eigenvalue weighted by atomic mass is 16.5. The molecule has 20 heavy (non-hydrogen) atoms. The van der Waals surface area contributed by atoms with Gasteiger partial charge < -0.3 is 20.7 Å². The van der Waals surface area contributed by atoms with E-state index in [1.165, 1.54) is 25.9 Å². The monoisotopic (exact) mass is 279 g/mol. The van der Waals surface area contributed by atoms with Crippen molar-refractivity contribution in [3.05, 3.63) is 11.9 Å². The van der Waals surface area contributed by atoms with Gasteiger partial charge in [0, 0.05) is 19.7 Å². The molecular formula is C14H25N5O. The van der Waals surface area contributed by atoms with Gasteiger partial charge in [0.25, 0.3) is 0 Å². The second-order valence-corrected chi connectivity index (χ2v) is 5.29. The molecule has 1 aromatic rings. The van der Waals surface area contributed by atoms with Gasteiger partial charge in [-0.15, -0.1) is 0 Å². The number of methoxy groups -OCH3 is 1. The molecule has 0 saturated carbocycles. The molecule has 2 rings (SSSR count). The predicted octanol–water partition coefficient (Wildman–Crippen LogP) is 1.35. The van der Waals surface area contributed by atoms with Gasteiger partial charge in [0.05, 0.1) is 0 Å². The highest BCUT2D eigenvalue weighted by molar-refractivity contribution is 5.44. The molecule has 0 bridgehead atoms. The topological polar surface area (TPSA) is 76.3 Å². The molecule has 3 N–H and O–H groups in total. The van der Waals surface area contributed by atoms with Crippen molar-refractivity contribution in [1.29, 1.82) is 0 Å². The summed E-state index contributed by atoms with van der Waals surface area (Å²) in [6, 6.07) is 1.78. The summed E-state index contributed by atoms with van der Waals surface area (Å²) in [5, 5.41) is 3.38. The molecule has 1 fully saturated rings. The van der Waals surface area contributed by atoms with E-state index in [1.807, 2.05) is 0 Å². The van der Waals surface area contributed by atoms with E-state index >= 15 is 0 Å². The normalized spacial score (nSPS) is 17.3. The molecule has 112 valence electrons. The third-order valence-electron chi connectivity index (χ3n) is 3.79. The zero-order valence-corrected chi connectivity index (χ0v) is 12.4. The Balaban J connectivity index is 1.84. The second-order valence-electron chi connectivity index (χ2n) is 5.29. The minimum absolute atomic E-state index is 0.384. The Morgan fingerprint density at radius 2 is 2.15 bits per heavy atom. The quantitative estimate of drug-likeness (QED) is 0.818. The van der Waals surface area contributed by atoms with Crippen LogP contribution in [0.5, 0.6) is 0 Å². The van der Waals surface area contributed by atoms with Crippen molar-refractivity contribution in [2.24, 2.45) is 5.92 Å². The number of nitrogen functional groups attached to an aromatic ring is 1. The van der Waals surface area contributed by atoms with E-state index in [1.54, 1.807) is 13.2 Å². The maximum absolute atomic E-state index is 5.78. The highest BCUT2D eigenvalue weighted by Gasteiger charge is 2.17. The zero-order chi connectivity index (χ0) is 14.4. The van der Waals surface area contributed by atoms with E-state index < -0.39 is 0 Å². The molecule has 1 saturated heterocycles. The van der Waals surface area contributed by atoms with E-state index in [0.29, 0.717) is 24.2 Å². The molecule has 0 aliphatic carbocycles. The Morgan fingerprint density at radius 3 is 2.80 bits per heavy atom. The minimum Gasteiger partial charge on any atom is -0.384 e. The fourth-order valence-corrected chi connectivity index (χ4v) is 2.56. The average Bonchev–Trinajstić information content (AvgIpc) is 2.45. The lowest BCUT2D eigenvalue weighted by Crippen LogP contribution is -2.35. The van der Waals surface area contributed by atoms with Gasteiger partial charge >= 0.3 is 0 Å². The van der Waals surface area contributed by atoms with Gasteiger partial charge in [-0.05, 0) is 38.4 Å². The van der Waals surface area contributed by atoms with Crippen molar-refractivity contribution in [2.45, 2.75) is 26.4 Å². The summed E-state index contributed by atoms with van der Waals surface area (Å²) in [5.74, 6) is 2.61. The maximum Gasteiger partial charge on any atom is 0.158 e. The summed E-state index contributed by atoms with van der Waals surface area (Å²) < 4.78 is 5.04. The highest BCUT2D eigenvalue weighted by Crippen LogP contribution is 2.18. The van der Waals surface area contributed by atoms with Crippen LogP contribution < -0.4 is 11.1 Å². The molecule has 1 aromatic heterocycles. The van der Waals surface area contributed by atoms with E-state index in [0.717, 1.165) is 18.9 Å². The summed E-state index contributed by atoms with van der Waals surface area (Å²) in [5.41, 5.74) is 5.78. The van der Waals surface area contributed by atoms with Crippen molar-refractivity contribution in [2.75, 3.05) is 44.3 Å². The van der Waals surface area contributed by atoms with Crippen LogP contribution >= 0.6 is 0 Å². The standard InChI is InChI=1S/C14H25N5O/c1-3-19-6-4-11(5-7-19)9-16-13-8-12(15)17-14(18-13)10-20-2/h8,11H,3-7,9-10H2,1-2H3,(H3,15,16,17,18). The minimum atomic E-state index is 0.384. The predicted molar refractivity (Wildman–Crippen MR) is 80.5 cm³/mol. The lowest BCUT2D eigenvalue weighted by atomic mass is 9.97. The number of piperidine rings is 1. The third-order valence-corrected chi connectivity index (χ3v) is 3.79. The smallest absolute Gasteiger partial charge is 0.158 e. The Labute approximate surface area is 120 Å². The molecule has 0 atom stereocenters. The molecule has 0 aromatic carbocycles. The van der Waals surface area contributed by atoms with Gasteiger partial charge in [0.15, 0.2) is 5.82 Å². The first kappa shape index (κ1) is 15.0. The van der Waals surface area contributed by atoms with Gasteiger partial charge in [0.1, 0.15) is 18.2 Å². The molecule has 2 heterocycles. The SMILES string of the molecule is CCN1CCC(CNc2cc(N)nc(COC)n2)CC1. The van der Waals surface area contributed by atoms with Crippen molar-refractivity contribution in [3.63, 3.8) is 0 Å². The molecule has 1 aliphatic rings. The molecule has 1 aliphatic heterocycles. The van der Waals surface area contributed by atoms with Gasteiger partial charge in [0.2, 0.25) is 0 Å². The van der Waals surface area contributed by atoms with Crippen LogP contribution in [0.3, 0.4) is 0 Å². The summed E-state index contributed by atoms with van der Waals surface area (Å²) in [6.07, 6.45) is 2.48. The molecule has 6 heteroatoms. The Kier molecular flexibility index (Phi) is 5.55. The van der Waals surface area contributed by atoms with E-state index in [-0.39, 0.29) is 0 Å². The van der Waals surface area contributed by atoms with Crippen LogP contribution in [0.2, 0.25) is 0 Å². The van der Waals surface area contributed by atoms with Crippen LogP contribution in [0.4, 0.5) is 11.6 Å². The van der Waals surface area contributed by atoms with E-state index in [9.17, 15) is 0 Å². The summed E-state index contributed by atoms with van der Waals surface area (Å²) in [6.45, 7) is 7.10. The van der Waals surface area contributed by atoms with Crippen LogP contribution in [0, 0.1) is 5.92 Å². The fourth-order valence-electron chi connectivity index (χ4n) is 2.56. The summed E-state index contributed by atoms with van der Waals surface area (Å²) >= 11 is 0.